The third kappa shape index (κ3) is 5.33. The maximum atomic E-state index is 13.1. The maximum Gasteiger partial charge on any atom is 0.430 e. The fraction of sp³-hybridized carbons (Fsp3) is 0.381. The van der Waals surface area contributed by atoms with E-state index in [0.29, 0.717) is 17.7 Å². The van der Waals surface area contributed by atoms with Crippen molar-refractivity contribution in [2.75, 3.05) is 24.7 Å². The SMILES string of the molecule is CCN(c1ccc(C(O)(C(F)(F)F)C(F)(F)F)cc1)C(COCC(=O)O)c1ccccc1. The van der Waals surface area contributed by atoms with Gasteiger partial charge in [0.1, 0.15) is 6.61 Å². The molecule has 1 atom stereocenters. The summed E-state index contributed by atoms with van der Waals surface area (Å²) in [5, 5.41) is 18.4. The Labute approximate surface area is 179 Å². The highest BCUT2D eigenvalue weighted by Gasteiger charge is 2.71. The van der Waals surface area contributed by atoms with Crippen molar-refractivity contribution in [3.8, 4) is 0 Å². The summed E-state index contributed by atoms with van der Waals surface area (Å²) >= 11 is 0. The average Bonchev–Trinajstić information content (AvgIpc) is 2.71. The van der Waals surface area contributed by atoms with Crippen LogP contribution in [-0.4, -0.2) is 48.3 Å². The number of nitrogens with zero attached hydrogens (tertiary/aromatic N) is 1. The molecule has 2 rings (SSSR count). The minimum absolute atomic E-state index is 0.0963. The van der Waals surface area contributed by atoms with Gasteiger partial charge in [-0.05, 0) is 24.6 Å². The molecular formula is C21H21F6NO4. The van der Waals surface area contributed by atoms with Crippen molar-refractivity contribution >= 4 is 11.7 Å². The van der Waals surface area contributed by atoms with Crippen molar-refractivity contribution in [1.82, 2.24) is 0 Å². The first kappa shape index (κ1) is 25.5. The summed E-state index contributed by atoms with van der Waals surface area (Å²) in [6.45, 7) is 1.31. The molecule has 0 heterocycles. The number of rotatable bonds is 9. The number of alkyl halides is 6. The fourth-order valence-corrected chi connectivity index (χ4v) is 3.26. The van der Waals surface area contributed by atoms with Crippen molar-refractivity contribution in [1.29, 1.82) is 0 Å². The zero-order valence-corrected chi connectivity index (χ0v) is 16.8. The molecule has 0 bridgehead atoms. The van der Waals surface area contributed by atoms with Gasteiger partial charge in [0.15, 0.2) is 0 Å². The fourth-order valence-electron chi connectivity index (χ4n) is 3.26. The Morgan fingerprint density at radius 2 is 1.50 bits per heavy atom. The lowest BCUT2D eigenvalue weighted by Crippen LogP contribution is -2.53. The number of carboxylic acids is 1. The Hall–Kier alpha value is -2.79. The van der Waals surface area contributed by atoms with Crippen LogP contribution in [0, 0.1) is 0 Å². The topological polar surface area (TPSA) is 70.0 Å². The molecule has 0 aromatic heterocycles. The Bertz CT molecular complexity index is 870. The second kappa shape index (κ2) is 9.78. The van der Waals surface area contributed by atoms with Gasteiger partial charge < -0.3 is 19.8 Å². The minimum atomic E-state index is -5.98. The van der Waals surface area contributed by atoms with Crippen LogP contribution in [0.5, 0.6) is 0 Å². The molecule has 0 aliphatic carbocycles. The van der Waals surface area contributed by atoms with Crippen LogP contribution < -0.4 is 4.90 Å². The van der Waals surface area contributed by atoms with E-state index in [1.54, 1.807) is 42.2 Å². The lowest BCUT2D eigenvalue weighted by atomic mass is 9.92. The average molecular weight is 465 g/mol. The smallest absolute Gasteiger partial charge is 0.430 e. The molecule has 0 amide bonds. The largest absolute Gasteiger partial charge is 0.480 e. The third-order valence-electron chi connectivity index (χ3n) is 4.84. The zero-order chi connectivity index (χ0) is 24.2. The molecule has 2 aromatic carbocycles. The first-order valence-electron chi connectivity index (χ1n) is 9.40. The molecular weight excluding hydrogens is 444 g/mol. The van der Waals surface area contributed by atoms with Crippen molar-refractivity contribution in [3.63, 3.8) is 0 Å². The van der Waals surface area contributed by atoms with E-state index in [1.165, 1.54) is 0 Å². The van der Waals surface area contributed by atoms with Gasteiger partial charge in [-0.1, -0.05) is 42.5 Å². The van der Waals surface area contributed by atoms with Gasteiger partial charge in [-0.2, -0.15) is 26.3 Å². The molecule has 0 aliphatic rings. The number of aliphatic hydroxyl groups is 1. The lowest BCUT2D eigenvalue weighted by molar-refractivity contribution is -0.376. The van der Waals surface area contributed by atoms with E-state index in [-0.39, 0.29) is 18.8 Å². The number of halogens is 6. The van der Waals surface area contributed by atoms with Crippen LogP contribution in [0.4, 0.5) is 32.0 Å². The molecule has 176 valence electrons. The first-order valence-corrected chi connectivity index (χ1v) is 9.40. The molecule has 0 saturated carbocycles. The van der Waals surface area contributed by atoms with E-state index in [2.05, 4.69) is 0 Å². The molecule has 2 N–H and O–H groups in total. The highest BCUT2D eigenvalue weighted by atomic mass is 19.4. The van der Waals surface area contributed by atoms with Crippen molar-refractivity contribution in [2.24, 2.45) is 0 Å². The third-order valence-corrected chi connectivity index (χ3v) is 4.84. The number of carbonyl (C=O) groups is 1. The summed E-state index contributed by atoms with van der Waals surface area (Å²) in [6, 6.07) is 11.3. The van der Waals surface area contributed by atoms with Gasteiger partial charge in [0.05, 0.1) is 12.6 Å². The van der Waals surface area contributed by atoms with E-state index >= 15 is 0 Å². The van der Waals surface area contributed by atoms with Crippen molar-refractivity contribution in [3.05, 3.63) is 65.7 Å². The minimum Gasteiger partial charge on any atom is -0.480 e. The van der Waals surface area contributed by atoms with Gasteiger partial charge in [0.2, 0.25) is 0 Å². The van der Waals surface area contributed by atoms with Gasteiger partial charge in [0.25, 0.3) is 5.60 Å². The van der Waals surface area contributed by atoms with E-state index in [9.17, 15) is 36.2 Å². The van der Waals surface area contributed by atoms with E-state index in [1.807, 2.05) is 0 Å². The Kier molecular flexibility index (Phi) is 7.79. The standard InChI is InChI=1S/C21H21F6NO4/c1-2-28(17(12-32-13-18(29)30)14-6-4-3-5-7-14)16-10-8-15(9-11-16)19(31,20(22,23)24)21(25,26)27/h3-11,17,31H,2,12-13H2,1H3,(H,29,30). The zero-order valence-electron chi connectivity index (χ0n) is 16.8. The molecule has 32 heavy (non-hydrogen) atoms. The second-order valence-corrected chi connectivity index (χ2v) is 6.87. The lowest BCUT2D eigenvalue weighted by Gasteiger charge is -2.35. The van der Waals surface area contributed by atoms with Gasteiger partial charge in [-0.25, -0.2) is 4.79 Å². The predicted octanol–water partition coefficient (Wildman–Crippen LogP) is 4.67. The predicted molar refractivity (Wildman–Crippen MR) is 103 cm³/mol. The summed E-state index contributed by atoms with van der Waals surface area (Å²) in [5.74, 6) is -1.19. The Morgan fingerprint density at radius 3 is 1.94 bits per heavy atom. The molecule has 5 nitrogen and oxygen atoms in total. The molecule has 0 saturated heterocycles. The number of ether oxygens (including phenoxy) is 1. The molecule has 0 aliphatic heterocycles. The van der Waals surface area contributed by atoms with Gasteiger partial charge in [-0.3, -0.25) is 0 Å². The first-order chi connectivity index (χ1) is 14.8. The number of hydrogen-bond acceptors (Lipinski definition) is 4. The van der Waals surface area contributed by atoms with Crippen molar-refractivity contribution < 1.29 is 46.1 Å². The van der Waals surface area contributed by atoms with Crippen molar-refractivity contribution in [2.45, 2.75) is 30.9 Å². The highest BCUT2D eigenvalue weighted by molar-refractivity contribution is 5.68. The molecule has 1 unspecified atom stereocenters. The monoisotopic (exact) mass is 465 g/mol. The van der Waals surface area contributed by atoms with Crippen LogP contribution in [0.3, 0.4) is 0 Å². The van der Waals surface area contributed by atoms with Crippen LogP contribution in [0.2, 0.25) is 0 Å². The summed E-state index contributed by atoms with van der Waals surface area (Å²) in [7, 11) is 0. The number of likely N-dealkylation sites (N-methyl/N-ethyl adjacent to an activating group) is 1. The van der Waals surface area contributed by atoms with Crippen LogP contribution in [0.25, 0.3) is 0 Å². The number of aliphatic carboxylic acids is 1. The maximum absolute atomic E-state index is 13.1. The summed E-state index contributed by atoms with van der Waals surface area (Å²) in [4.78, 5) is 12.4. The van der Waals surface area contributed by atoms with Crippen LogP contribution in [0.1, 0.15) is 24.1 Å². The molecule has 11 heteroatoms. The number of anilines is 1. The normalized spacial score (nSPS) is 13.6. The van der Waals surface area contributed by atoms with Crippen LogP contribution >= 0.6 is 0 Å². The summed E-state index contributed by atoms with van der Waals surface area (Å²) < 4.78 is 83.9. The van der Waals surface area contributed by atoms with Gasteiger partial charge in [-0.15, -0.1) is 0 Å². The summed E-state index contributed by atoms with van der Waals surface area (Å²) in [5.41, 5.74) is -5.42. The van der Waals surface area contributed by atoms with E-state index in [0.717, 1.165) is 12.1 Å². The number of carboxylic acid groups (broad SMARTS) is 1. The van der Waals surface area contributed by atoms with Gasteiger partial charge in [0, 0.05) is 17.8 Å². The van der Waals surface area contributed by atoms with Gasteiger partial charge >= 0.3 is 18.3 Å². The van der Waals surface area contributed by atoms with Crippen LogP contribution in [0.15, 0.2) is 54.6 Å². The summed E-state index contributed by atoms with van der Waals surface area (Å²) in [6.07, 6.45) is -12.0. The molecule has 0 spiro atoms. The second-order valence-electron chi connectivity index (χ2n) is 6.87. The molecule has 0 fully saturated rings. The van der Waals surface area contributed by atoms with E-state index in [4.69, 9.17) is 9.84 Å². The number of benzene rings is 2. The Morgan fingerprint density at radius 1 is 0.969 bits per heavy atom. The highest BCUT2D eigenvalue weighted by Crippen LogP contribution is 2.50. The molecule has 0 radical (unpaired) electrons. The van der Waals surface area contributed by atoms with E-state index < -0.39 is 42.1 Å². The number of hydrogen-bond donors (Lipinski definition) is 2. The molecule has 2 aromatic rings. The van der Waals surface area contributed by atoms with Crippen LogP contribution in [-0.2, 0) is 15.1 Å². The quantitative estimate of drug-likeness (QED) is 0.527. The Balaban J connectivity index is 2.43.